The molecule has 1 fully saturated rings. The Bertz CT molecular complexity index is 281. The predicted octanol–water partition coefficient (Wildman–Crippen LogP) is 1.86. The Morgan fingerprint density at radius 2 is 1.95 bits per heavy atom. The zero-order valence-corrected chi connectivity index (χ0v) is 12.4. The summed E-state index contributed by atoms with van der Waals surface area (Å²) in [7, 11) is 0. The quantitative estimate of drug-likeness (QED) is 0.741. The van der Waals surface area contributed by atoms with Gasteiger partial charge in [-0.3, -0.25) is 4.79 Å². The van der Waals surface area contributed by atoms with Crippen molar-refractivity contribution in [3.63, 3.8) is 0 Å². The van der Waals surface area contributed by atoms with Gasteiger partial charge in [0.05, 0.1) is 13.2 Å². The molecule has 0 amide bonds. The van der Waals surface area contributed by atoms with Gasteiger partial charge < -0.3 is 19.9 Å². The zero-order chi connectivity index (χ0) is 14.5. The molecule has 1 heterocycles. The number of hydrogen-bond acceptors (Lipinski definition) is 4. The Labute approximate surface area is 115 Å². The van der Waals surface area contributed by atoms with Crippen molar-refractivity contribution in [1.29, 1.82) is 0 Å². The molecule has 1 aliphatic rings. The van der Waals surface area contributed by atoms with Crippen molar-refractivity contribution in [2.45, 2.75) is 52.9 Å². The lowest BCUT2D eigenvalue weighted by molar-refractivity contribution is -0.223. The van der Waals surface area contributed by atoms with Gasteiger partial charge in [0.2, 0.25) is 0 Å². The van der Waals surface area contributed by atoms with Crippen LogP contribution in [0.25, 0.3) is 0 Å². The average Bonchev–Trinajstić information content (AvgIpc) is 2.29. The highest BCUT2D eigenvalue weighted by atomic mass is 16.7. The Morgan fingerprint density at radius 1 is 1.37 bits per heavy atom. The number of carbonyl (C=O) groups is 1. The molecule has 1 aliphatic heterocycles. The molecule has 0 saturated carbocycles. The first kappa shape index (κ1) is 16.4. The molecular formula is C14H27NO4. The molecule has 0 radical (unpaired) electrons. The molecule has 2 N–H and O–H groups in total. The topological polar surface area (TPSA) is 67.8 Å². The van der Waals surface area contributed by atoms with E-state index >= 15 is 0 Å². The first-order valence-corrected chi connectivity index (χ1v) is 6.99. The molecule has 19 heavy (non-hydrogen) atoms. The van der Waals surface area contributed by atoms with Crippen LogP contribution >= 0.6 is 0 Å². The lowest BCUT2D eigenvalue weighted by atomic mass is 9.95. The van der Waals surface area contributed by atoms with Crippen LogP contribution in [0.5, 0.6) is 0 Å². The van der Waals surface area contributed by atoms with Gasteiger partial charge in [0, 0.05) is 18.4 Å². The second kappa shape index (κ2) is 7.22. The first-order chi connectivity index (χ1) is 8.80. The summed E-state index contributed by atoms with van der Waals surface area (Å²) in [4.78, 5) is 11.1. The van der Waals surface area contributed by atoms with E-state index in [1.807, 2.05) is 13.8 Å². The number of hydrogen-bond donors (Lipinski definition) is 2. The van der Waals surface area contributed by atoms with Crippen molar-refractivity contribution < 1.29 is 19.4 Å². The lowest BCUT2D eigenvalue weighted by Gasteiger charge is -2.34. The van der Waals surface area contributed by atoms with Gasteiger partial charge in [-0.25, -0.2) is 0 Å². The normalized spacial score (nSPS) is 21.5. The molecule has 0 aromatic carbocycles. The summed E-state index contributed by atoms with van der Waals surface area (Å²) in [6, 6.07) is -0.486. The second-order valence-corrected chi connectivity index (χ2v) is 6.48. The highest BCUT2D eigenvalue weighted by molar-refractivity contribution is 5.73. The molecule has 112 valence electrons. The van der Waals surface area contributed by atoms with E-state index in [9.17, 15) is 4.79 Å². The third kappa shape index (κ3) is 6.36. The van der Waals surface area contributed by atoms with E-state index in [4.69, 9.17) is 14.6 Å². The Hall–Kier alpha value is -0.650. The van der Waals surface area contributed by atoms with Crippen LogP contribution in [0.4, 0.5) is 0 Å². The van der Waals surface area contributed by atoms with Crippen molar-refractivity contribution in [2.24, 2.45) is 11.3 Å². The smallest absolute Gasteiger partial charge is 0.320 e. The van der Waals surface area contributed by atoms with Crippen molar-refractivity contribution in [2.75, 3.05) is 19.8 Å². The van der Waals surface area contributed by atoms with Crippen LogP contribution in [-0.4, -0.2) is 43.2 Å². The SMILES string of the molecule is CC(C)CC(NCCC1OCC(C)(C)CO1)C(=O)O. The molecule has 0 aliphatic carbocycles. The predicted molar refractivity (Wildman–Crippen MR) is 73.0 cm³/mol. The van der Waals surface area contributed by atoms with E-state index in [1.54, 1.807) is 0 Å². The number of carboxylic acid groups (broad SMARTS) is 1. The fourth-order valence-corrected chi connectivity index (χ4v) is 2.01. The minimum atomic E-state index is -0.791. The number of rotatable bonds is 7. The molecule has 5 nitrogen and oxygen atoms in total. The minimum Gasteiger partial charge on any atom is -0.480 e. The molecule has 1 atom stereocenters. The number of ether oxygens (including phenoxy) is 2. The van der Waals surface area contributed by atoms with Gasteiger partial charge in [-0.2, -0.15) is 0 Å². The molecule has 0 aromatic rings. The largest absolute Gasteiger partial charge is 0.480 e. The Morgan fingerprint density at radius 3 is 2.42 bits per heavy atom. The van der Waals surface area contributed by atoms with E-state index in [-0.39, 0.29) is 11.7 Å². The fourth-order valence-electron chi connectivity index (χ4n) is 2.01. The van der Waals surface area contributed by atoms with Crippen LogP contribution in [0.15, 0.2) is 0 Å². The summed E-state index contributed by atoms with van der Waals surface area (Å²) in [6.07, 6.45) is 1.10. The number of carboxylic acids is 1. The Kier molecular flexibility index (Phi) is 6.23. The molecule has 1 saturated heterocycles. The van der Waals surface area contributed by atoms with Gasteiger partial charge in [-0.05, 0) is 12.3 Å². The number of aliphatic carboxylic acids is 1. The van der Waals surface area contributed by atoms with Crippen LogP contribution in [0.2, 0.25) is 0 Å². The van der Waals surface area contributed by atoms with Crippen molar-refractivity contribution in [3.05, 3.63) is 0 Å². The molecular weight excluding hydrogens is 246 g/mol. The maximum Gasteiger partial charge on any atom is 0.320 e. The zero-order valence-electron chi connectivity index (χ0n) is 12.4. The number of nitrogens with one attached hydrogen (secondary N) is 1. The molecule has 0 aromatic heterocycles. The van der Waals surface area contributed by atoms with Gasteiger partial charge >= 0.3 is 5.97 Å². The lowest BCUT2D eigenvalue weighted by Crippen LogP contribution is -2.42. The monoisotopic (exact) mass is 273 g/mol. The van der Waals surface area contributed by atoms with Crippen molar-refractivity contribution in [3.8, 4) is 0 Å². The van der Waals surface area contributed by atoms with Crippen LogP contribution in [0.1, 0.15) is 40.5 Å². The van der Waals surface area contributed by atoms with Crippen LogP contribution in [0, 0.1) is 11.3 Å². The van der Waals surface area contributed by atoms with Crippen molar-refractivity contribution >= 4 is 5.97 Å². The molecule has 5 heteroatoms. The summed E-state index contributed by atoms with van der Waals surface area (Å²) >= 11 is 0. The third-order valence-electron chi connectivity index (χ3n) is 3.10. The molecule has 1 rings (SSSR count). The van der Waals surface area contributed by atoms with Gasteiger partial charge in [0.15, 0.2) is 6.29 Å². The highest BCUT2D eigenvalue weighted by Gasteiger charge is 2.28. The minimum absolute atomic E-state index is 0.0746. The van der Waals surface area contributed by atoms with E-state index < -0.39 is 12.0 Å². The standard InChI is InChI=1S/C14H27NO4/c1-10(2)7-11(13(16)17)15-6-5-12-18-8-14(3,4)9-19-12/h10-12,15H,5-9H2,1-4H3,(H,16,17). The summed E-state index contributed by atoms with van der Waals surface area (Å²) < 4.78 is 11.2. The molecule has 1 unspecified atom stereocenters. The summed E-state index contributed by atoms with van der Waals surface area (Å²) in [5.74, 6) is -0.433. The van der Waals surface area contributed by atoms with Crippen LogP contribution < -0.4 is 5.32 Å². The van der Waals surface area contributed by atoms with Gasteiger partial charge in [-0.1, -0.05) is 27.7 Å². The van der Waals surface area contributed by atoms with Crippen LogP contribution in [0.3, 0.4) is 0 Å². The van der Waals surface area contributed by atoms with Crippen molar-refractivity contribution in [1.82, 2.24) is 5.32 Å². The second-order valence-electron chi connectivity index (χ2n) is 6.48. The fraction of sp³-hybridized carbons (Fsp3) is 0.929. The summed E-state index contributed by atoms with van der Waals surface area (Å²) in [5.41, 5.74) is 0.0746. The molecule has 0 spiro atoms. The molecule has 0 bridgehead atoms. The maximum absolute atomic E-state index is 11.1. The Balaban J connectivity index is 2.23. The van der Waals surface area contributed by atoms with Crippen LogP contribution in [-0.2, 0) is 14.3 Å². The third-order valence-corrected chi connectivity index (χ3v) is 3.10. The van der Waals surface area contributed by atoms with Gasteiger partial charge in [0.1, 0.15) is 6.04 Å². The average molecular weight is 273 g/mol. The summed E-state index contributed by atoms with van der Waals surface area (Å²) in [6.45, 7) is 10.2. The van der Waals surface area contributed by atoms with Gasteiger partial charge in [0.25, 0.3) is 0 Å². The maximum atomic E-state index is 11.1. The first-order valence-electron chi connectivity index (χ1n) is 6.99. The summed E-state index contributed by atoms with van der Waals surface area (Å²) in [5, 5.41) is 12.2. The van der Waals surface area contributed by atoms with E-state index in [0.717, 1.165) is 0 Å². The van der Waals surface area contributed by atoms with E-state index in [1.165, 1.54) is 0 Å². The van der Waals surface area contributed by atoms with Gasteiger partial charge in [-0.15, -0.1) is 0 Å². The highest BCUT2D eigenvalue weighted by Crippen LogP contribution is 2.23. The van der Waals surface area contributed by atoms with E-state index in [0.29, 0.717) is 38.5 Å². The van der Waals surface area contributed by atoms with E-state index in [2.05, 4.69) is 19.2 Å².